The third kappa shape index (κ3) is 6.29. The number of ether oxygens (including phenoxy) is 2. The van der Waals surface area contributed by atoms with Gasteiger partial charge in [0.15, 0.2) is 11.5 Å². The van der Waals surface area contributed by atoms with Crippen LogP contribution in [0.25, 0.3) is 0 Å². The third-order valence-electron chi connectivity index (χ3n) is 4.00. The lowest BCUT2D eigenvalue weighted by atomic mass is 10.1. The molecule has 0 aromatic heterocycles. The van der Waals surface area contributed by atoms with Crippen LogP contribution in [0.15, 0.2) is 40.9 Å². The standard InChI is InChI=1S/C20H23BrN2O4/c1-13-10-15(21)6-7-16(13)23-20(25)12-22-19(24)9-5-14-4-8-17(26-2)18(11-14)27-3/h4,6-8,10-11H,5,9,12H2,1-3H3,(H,22,24)(H,23,25). The van der Waals surface area contributed by atoms with Gasteiger partial charge in [-0.15, -0.1) is 0 Å². The van der Waals surface area contributed by atoms with Gasteiger partial charge in [0.05, 0.1) is 20.8 Å². The van der Waals surface area contributed by atoms with Crippen LogP contribution in [0.1, 0.15) is 17.5 Å². The van der Waals surface area contributed by atoms with Gasteiger partial charge in [-0.05, 0) is 54.8 Å². The van der Waals surface area contributed by atoms with Crippen LogP contribution in [-0.2, 0) is 16.0 Å². The predicted molar refractivity (Wildman–Crippen MR) is 108 cm³/mol. The lowest BCUT2D eigenvalue weighted by Crippen LogP contribution is -2.33. The number of nitrogens with one attached hydrogen (secondary N) is 2. The van der Waals surface area contributed by atoms with Crippen molar-refractivity contribution in [1.29, 1.82) is 0 Å². The molecule has 2 amide bonds. The number of rotatable bonds is 8. The number of amides is 2. The first-order chi connectivity index (χ1) is 12.9. The normalized spacial score (nSPS) is 10.2. The molecular weight excluding hydrogens is 412 g/mol. The topological polar surface area (TPSA) is 76.7 Å². The molecule has 0 aliphatic rings. The molecule has 0 spiro atoms. The van der Waals surface area contributed by atoms with Crippen LogP contribution in [0, 0.1) is 6.92 Å². The van der Waals surface area contributed by atoms with E-state index in [9.17, 15) is 9.59 Å². The van der Waals surface area contributed by atoms with E-state index in [1.54, 1.807) is 20.3 Å². The number of halogens is 1. The molecule has 7 heteroatoms. The Labute approximate surface area is 167 Å². The van der Waals surface area contributed by atoms with Gasteiger partial charge < -0.3 is 20.1 Å². The number of aryl methyl sites for hydroxylation is 2. The highest BCUT2D eigenvalue weighted by atomic mass is 79.9. The summed E-state index contributed by atoms with van der Waals surface area (Å²) in [4.78, 5) is 24.0. The molecule has 0 heterocycles. The van der Waals surface area contributed by atoms with Gasteiger partial charge in [-0.2, -0.15) is 0 Å². The molecule has 0 aliphatic heterocycles. The zero-order valence-electron chi connectivity index (χ0n) is 15.6. The van der Waals surface area contributed by atoms with Crippen LogP contribution in [0.2, 0.25) is 0 Å². The zero-order valence-corrected chi connectivity index (χ0v) is 17.2. The lowest BCUT2D eigenvalue weighted by molar-refractivity contribution is -0.124. The summed E-state index contributed by atoms with van der Waals surface area (Å²) in [6.07, 6.45) is 0.819. The van der Waals surface area contributed by atoms with Crippen molar-refractivity contribution in [1.82, 2.24) is 5.32 Å². The van der Waals surface area contributed by atoms with Gasteiger partial charge in [0.2, 0.25) is 11.8 Å². The molecule has 0 bridgehead atoms. The van der Waals surface area contributed by atoms with E-state index in [1.165, 1.54) is 0 Å². The van der Waals surface area contributed by atoms with Crippen molar-refractivity contribution in [3.63, 3.8) is 0 Å². The Hall–Kier alpha value is -2.54. The van der Waals surface area contributed by atoms with E-state index in [4.69, 9.17) is 9.47 Å². The lowest BCUT2D eigenvalue weighted by Gasteiger charge is -2.11. The summed E-state index contributed by atoms with van der Waals surface area (Å²) < 4.78 is 11.4. The molecule has 2 rings (SSSR count). The average Bonchev–Trinajstić information content (AvgIpc) is 2.66. The van der Waals surface area contributed by atoms with Gasteiger partial charge in [0.1, 0.15) is 0 Å². The summed E-state index contributed by atoms with van der Waals surface area (Å²) in [5, 5.41) is 5.43. The zero-order chi connectivity index (χ0) is 19.8. The van der Waals surface area contributed by atoms with Gasteiger partial charge in [0.25, 0.3) is 0 Å². The Balaban J connectivity index is 1.79. The molecule has 0 radical (unpaired) electrons. The Bertz CT molecular complexity index is 824. The Morgan fingerprint density at radius 1 is 1.00 bits per heavy atom. The second-order valence-corrected chi connectivity index (χ2v) is 6.89. The van der Waals surface area contributed by atoms with Crippen molar-refractivity contribution in [3.05, 3.63) is 52.0 Å². The van der Waals surface area contributed by atoms with E-state index < -0.39 is 0 Å². The largest absolute Gasteiger partial charge is 0.493 e. The van der Waals surface area contributed by atoms with Crippen LogP contribution in [0.3, 0.4) is 0 Å². The molecule has 144 valence electrons. The third-order valence-corrected chi connectivity index (χ3v) is 4.49. The van der Waals surface area contributed by atoms with Gasteiger partial charge in [-0.3, -0.25) is 9.59 Å². The van der Waals surface area contributed by atoms with Gasteiger partial charge >= 0.3 is 0 Å². The Kier molecular flexibility index (Phi) is 7.67. The summed E-state index contributed by atoms with van der Waals surface area (Å²) in [6, 6.07) is 11.1. The van der Waals surface area contributed by atoms with E-state index in [0.29, 0.717) is 17.9 Å². The summed E-state index contributed by atoms with van der Waals surface area (Å²) in [5.74, 6) is 0.817. The molecule has 0 fully saturated rings. The van der Waals surface area contributed by atoms with Gasteiger partial charge in [0, 0.05) is 16.6 Å². The number of benzene rings is 2. The quantitative estimate of drug-likeness (QED) is 0.666. The molecule has 2 aromatic carbocycles. The highest BCUT2D eigenvalue weighted by molar-refractivity contribution is 9.10. The van der Waals surface area contributed by atoms with Crippen molar-refractivity contribution in [2.24, 2.45) is 0 Å². The first kappa shape index (κ1) is 20.8. The fraction of sp³-hybridized carbons (Fsp3) is 0.300. The highest BCUT2D eigenvalue weighted by Gasteiger charge is 2.09. The molecule has 0 atom stereocenters. The Morgan fingerprint density at radius 2 is 1.74 bits per heavy atom. The Morgan fingerprint density at radius 3 is 2.41 bits per heavy atom. The first-order valence-corrected chi connectivity index (χ1v) is 9.26. The minimum absolute atomic E-state index is 0.0692. The van der Waals surface area contributed by atoms with Crippen molar-refractivity contribution in [3.8, 4) is 11.5 Å². The number of carbonyl (C=O) groups is 2. The molecule has 6 nitrogen and oxygen atoms in total. The number of anilines is 1. The molecule has 0 saturated heterocycles. The molecule has 0 aliphatic carbocycles. The predicted octanol–water partition coefficient (Wildman–Crippen LogP) is 3.46. The number of hydrogen-bond donors (Lipinski definition) is 2. The van der Waals surface area contributed by atoms with Crippen molar-refractivity contribution < 1.29 is 19.1 Å². The van der Waals surface area contributed by atoms with E-state index in [0.717, 1.165) is 21.3 Å². The van der Waals surface area contributed by atoms with Crippen LogP contribution in [-0.4, -0.2) is 32.6 Å². The smallest absolute Gasteiger partial charge is 0.243 e. The van der Waals surface area contributed by atoms with E-state index in [2.05, 4.69) is 26.6 Å². The molecule has 0 unspecified atom stereocenters. The molecule has 2 aromatic rings. The maximum absolute atomic E-state index is 12.0. The monoisotopic (exact) mass is 434 g/mol. The van der Waals surface area contributed by atoms with E-state index in [-0.39, 0.29) is 24.8 Å². The van der Waals surface area contributed by atoms with E-state index in [1.807, 2.05) is 37.3 Å². The minimum Gasteiger partial charge on any atom is -0.493 e. The van der Waals surface area contributed by atoms with Crippen LogP contribution >= 0.6 is 15.9 Å². The van der Waals surface area contributed by atoms with Crippen molar-refractivity contribution in [2.45, 2.75) is 19.8 Å². The molecular formula is C20H23BrN2O4. The summed E-state index contributed by atoms with van der Waals surface area (Å²) in [7, 11) is 3.14. The average molecular weight is 435 g/mol. The first-order valence-electron chi connectivity index (χ1n) is 8.46. The summed E-state index contributed by atoms with van der Waals surface area (Å²) in [5.41, 5.74) is 2.62. The van der Waals surface area contributed by atoms with Crippen LogP contribution in [0.4, 0.5) is 5.69 Å². The van der Waals surface area contributed by atoms with Crippen LogP contribution < -0.4 is 20.1 Å². The maximum atomic E-state index is 12.0. The fourth-order valence-corrected chi connectivity index (χ4v) is 3.00. The van der Waals surface area contributed by atoms with Crippen molar-refractivity contribution >= 4 is 33.4 Å². The van der Waals surface area contributed by atoms with Crippen LogP contribution in [0.5, 0.6) is 11.5 Å². The number of methoxy groups -OCH3 is 2. The molecule has 27 heavy (non-hydrogen) atoms. The van der Waals surface area contributed by atoms with E-state index >= 15 is 0 Å². The van der Waals surface area contributed by atoms with Gasteiger partial charge in [-0.25, -0.2) is 0 Å². The second-order valence-electron chi connectivity index (χ2n) is 5.97. The molecule has 0 saturated carbocycles. The van der Waals surface area contributed by atoms with Crippen molar-refractivity contribution in [2.75, 3.05) is 26.1 Å². The highest BCUT2D eigenvalue weighted by Crippen LogP contribution is 2.27. The summed E-state index contributed by atoms with van der Waals surface area (Å²) >= 11 is 3.38. The SMILES string of the molecule is COc1ccc(CCC(=O)NCC(=O)Nc2ccc(Br)cc2C)cc1OC. The number of hydrogen-bond acceptors (Lipinski definition) is 4. The molecule has 2 N–H and O–H groups in total. The maximum Gasteiger partial charge on any atom is 0.243 e. The fourth-order valence-electron chi connectivity index (χ4n) is 2.52. The summed E-state index contributed by atoms with van der Waals surface area (Å²) in [6.45, 7) is 1.84. The number of carbonyl (C=O) groups excluding carboxylic acids is 2. The second kappa shape index (κ2) is 9.97. The minimum atomic E-state index is -0.264. The van der Waals surface area contributed by atoms with Gasteiger partial charge in [-0.1, -0.05) is 22.0 Å².